The average Bonchev–Trinajstić information content (AvgIpc) is 2.29. The molecule has 0 spiro atoms. The lowest BCUT2D eigenvalue weighted by atomic mass is 10.1. The Morgan fingerprint density at radius 1 is 1.35 bits per heavy atom. The number of aromatic nitrogens is 1. The normalized spacial score (nSPS) is 17.2. The van der Waals surface area contributed by atoms with Crippen molar-refractivity contribution in [3.63, 3.8) is 0 Å². The molecule has 1 N–H and O–H groups in total. The second-order valence-corrected chi connectivity index (χ2v) is 4.61. The van der Waals surface area contributed by atoms with E-state index >= 15 is 0 Å². The third kappa shape index (κ3) is 2.64. The van der Waals surface area contributed by atoms with Crippen LogP contribution in [0, 0.1) is 13.8 Å². The Bertz CT molecular complexity index is 423. The van der Waals surface area contributed by atoms with Crippen LogP contribution in [-0.4, -0.2) is 40.1 Å². The molecule has 2 heterocycles. The Morgan fingerprint density at radius 2 is 2.00 bits per heavy atom. The van der Waals surface area contributed by atoms with E-state index in [1.165, 1.54) is 0 Å². The number of aliphatic hydroxyl groups is 1. The van der Waals surface area contributed by atoms with Crippen molar-refractivity contribution in [2.75, 3.05) is 13.1 Å². The molecule has 1 amide bonds. The minimum absolute atomic E-state index is 0.0295. The number of piperidine rings is 1. The number of aryl methyl sites for hydroxylation is 2. The number of hydrogen-bond donors (Lipinski definition) is 1. The molecule has 4 heteroatoms. The van der Waals surface area contributed by atoms with Gasteiger partial charge in [-0.25, -0.2) is 0 Å². The summed E-state index contributed by atoms with van der Waals surface area (Å²) >= 11 is 0. The lowest BCUT2D eigenvalue weighted by Gasteiger charge is -2.29. The Kier molecular flexibility index (Phi) is 3.43. The van der Waals surface area contributed by atoms with Gasteiger partial charge in [0.25, 0.3) is 5.91 Å². The van der Waals surface area contributed by atoms with E-state index in [9.17, 15) is 9.90 Å². The first-order chi connectivity index (χ1) is 8.08. The van der Waals surface area contributed by atoms with Crippen molar-refractivity contribution in [1.29, 1.82) is 0 Å². The number of pyridine rings is 1. The van der Waals surface area contributed by atoms with E-state index in [1.807, 2.05) is 26.0 Å². The van der Waals surface area contributed by atoms with Crippen molar-refractivity contribution in [3.8, 4) is 0 Å². The summed E-state index contributed by atoms with van der Waals surface area (Å²) in [5.41, 5.74) is 2.38. The molecule has 0 aliphatic carbocycles. The van der Waals surface area contributed by atoms with E-state index in [4.69, 9.17) is 0 Å². The summed E-state index contributed by atoms with van der Waals surface area (Å²) in [6.45, 7) is 5.04. The molecule has 0 atom stereocenters. The van der Waals surface area contributed by atoms with Gasteiger partial charge in [0.15, 0.2) is 0 Å². The molecule has 1 aliphatic heterocycles. The molecule has 0 radical (unpaired) electrons. The zero-order valence-corrected chi connectivity index (χ0v) is 10.3. The van der Waals surface area contributed by atoms with Gasteiger partial charge in [0, 0.05) is 18.8 Å². The highest BCUT2D eigenvalue weighted by Gasteiger charge is 2.23. The maximum Gasteiger partial charge on any atom is 0.255 e. The van der Waals surface area contributed by atoms with Crippen molar-refractivity contribution >= 4 is 5.91 Å². The number of likely N-dealkylation sites (tertiary alicyclic amines) is 1. The molecule has 17 heavy (non-hydrogen) atoms. The fraction of sp³-hybridized carbons (Fsp3) is 0.538. The smallest absolute Gasteiger partial charge is 0.255 e. The number of carbonyl (C=O) groups excluding carboxylic acids is 1. The fourth-order valence-corrected chi connectivity index (χ4v) is 2.15. The molecule has 1 saturated heterocycles. The third-order valence-electron chi connectivity index (χ3n) is 3.21. The van der Waals surface area contributed by atoms with Crippen LogP contribution in [0.1, 0.15) is 34.6 Å². The molecule has 4 nitrogen and oxygen atoms in total. The molecular weight excluding hydrogens is 216 g/mol. The Hall–Kier alpha value is -1.42. The summed E-state index contributed by atoms with van der Waals surface area (Å²) in [6, 6.07) is 3.70. The highest BCUT2D eigenvalue weighted by molar-refractivity contribution is 5.95. The average molecular weight is 234 g/mol. The van der Waals surface area contributed by atoms with Crippen LogP contribution in [0.25, 0.3) is 0 Å². The molecule has 2 rings (SSSR count). The molecule has 1 fully saturated rings. The maximum atomic E-state index is 12.2. The highest BCUT2D eigenvalue weighted by atomic mass is 16.3. The molecule has 0 bridgehead atoms. The van der Waals surface area contributed by atoms with E-state index in [-0.39, 0.29) is 12.0 Å². The zero-order valence-electron chi connectivity index (χ0n) is 10.3. The van der Waals surface area contributed by atoms with Gasteiger partial charge in [-0.15, -0.1) is 0 Å². The van der Waals surface area contributed by atoms with Crippen molar-refractivity contribution in [2.45, 2.75) is 32.8 Å². The standard InChI is InChI=1S/C13H18N2O2/c1-9-3-4-12(10(2)14-9)13(17)15-7-5-11(16)6-8-15/h3-4,11,16H,5-8H2,1-2H3. The zero-order chi connectivity index (χ0) is 12.4. The van der Waals surface area contributed by atoms with Gasteiger partial charge in [-0.05, 0) is 38.8 Å². The van der Waals surface area contributed by atoms with E-state index in [0.29, 0.717) is 31.5 Å². The predicted molar refractivity (Wildman–Crippen MR) is 64.9 cm³/mol. The van der Waals surface area contributed by atoms with Crippen molar-refractivity contribution in [2.24, 2.45) is 0 Å². The van der Waals surface area contributed by atoms with Crippen molar-refractivity contribution < 1.29 is 9.90 Å². The van der Waals surface area contributed by atoms with Crippen LogP contribution >= 0.6 is 0 Å². The van der Waals surface area contributed by atoms with E-state index in [0.717, 1.165) is 11.4 Å². The van der Waals surface area contributed by atoms with E-state index in [2.05, 4.69) is 4.98 Å². The molecule has 1 aliphatic rings. The third-order valence-corrected chi connectivity index (χ3v) is 3.21. The van der Waals surface area contributed by atoms with Gasteiger partial charge in [-0.2, -0.15) is 0 Å². The van der Waals surface area contributed by atoms with Gasteiger partial charge < -0.3 is 10.0 Å². The van der Waals surface area contributed by atoms with Gasteiger partial charge in [0.05, 0.1) is 17.4 Å². The van der Waals surface area contributed by atoms with Crippen LogP contribution in [0.5, 0.6) is 0 Å². The van der Waals surface area contributed by atoms with Gasteiger partial charge in [-0.3, -0.25) is 9.78 Å². The van der Waals surface area contributed by atoms with Gasteiger partial charge in [0.1, 0.15) is 0 Å². The summed E-state index contributed by atoms with van der Waals surface area (Å²) in [5.74, 6) is 0.0295. The Balaban J connectivity index is 2.14. The molecule has 0 aromatic carbocycles. The molecule has 0 saturated carbocycles. The first-order valence-electron chi connectivity index (χ1n) is 5.99. The minimum Gasteiger partial charge on any atom is -0.393 e. The van der Waals surface area contributed by atoms with Gasteiger partial charge in [0.2, 0.25) is 0 Å². The Morgan fingerprint density at radius 3 is 2.59 bits per heavy atom. The fourth-order valence-electron chi connectivity index (χ4n) is 2.15. The first kappa shape index (κ1) is 12.0. The van der Waals surface area contributed by atoms with Crippen LogP contribution in [0.4, 0.5) is 0 Å². The van der Waals surface area contributed by atoms with Crippen LogP contribution in [-0.2, 0) is 0 Å². The summed E-state index contributed by atoms with van der Waals surface area (Å²) in [4.78, 5) is 18.3. The lowest BCUT2D eigenvalue weighted by Crippen LogP contribution is -2.40. The van der Waals surface area contributed by atoms with Crippen LogP contribution < -0.4 is 0 Å². The van der Waals surface area contributed by atoms with Crippen LogP contribution in [0.2, 0.25) is 0 Å². The minimum atomic E-state index is -0.253. The number of rotatable bonds is 1. The Labute approximate surface area is 101 Å². The number of hydrogen-bond acceptors (Lipinski definition) is 3. The second-order valence-electron chi connectivity index (χ2n) is 4.61. The maximum absolute atomic E-state index is 12.2. The lowest BCUT2D eigenvalue weighted by molar-refractivity contribution is 0.0545. The SMILES string of the molecule is Cc1ccc(C(=O)N2CCC(O)CC2)c(C)n1. The predicted octanol–water partition coefficient (Wildman–Crippen LogP) is 1.30. The monoisotopic (exact) mass is 234 g/mol. The van der Waals surface area contributed by atoms with Gasteiger partial charge >= 0.3 is 0 Å². The summed E-state index contributed by atoms with van der Waals surface area (Å²) in [6.07, 6.45) is 1.09. The summed E-state index contributed by atoms with van der Waals surface area (Å²) in [7, 11) is 0. The van der Waals surface area contributed by atoms with Crippen molar-refractivity contribution in [1.82, 2.24) is 9.88 Å². The first-order valence-corrected chi connectivity index (χ1v) is 5.99. The highest BCUT2D eigenvalue weighted by Crippen LogP contribution is 2.15. The number of amides is 1. The van der Waals surface area contributed by atoms with E-state index < -0.39 is 0 Å². The molecule has 1 aromatic heterocycles. The number of carbonyl (C=O) groups is 1. The van der Waals surface area contributed by atoms with Crippen molar-refractivity contribution in [3.05, 3.63) is 29.1 Å². The van der Waals surface area contributed by atoms with Crippen LogP contribution in [0.15, 0.2) is 12.1 Å². The van der Waals surface area contributed by atoms with Crippen LogP contribution in [0.3, 0.4) is 0 Å². The quantitative estimate of drug-likeness (QED) is 0.796. The molecule has 92 valence electrons. The largest absolute Gasteiger partial charge is 0.393 e. The summed E-state index contributed by atoms with van der Waals surface area (Å²) in [5, 5.41) is 9.42. The van der Waals surface area contributed by atoms with Gasteiger partial charge in [-0.1, -0.05) is 0 Å². The number of nitrogens with zero attached hydrogens (tertiary/aromatic N) is 2. The topological polar surface area (TPSA) is 53.4 Å². The molecular formula is C13H18N2O2. The molecule has 0 unspecified atom stereocenters. The summed E-state index contributed by atoms with van der Waals surface area (Å²) < 4.78 is 0. The number of aliphatic hydroxyl groups excluding tert-OH is 1. The van der Waals surface area contributed by atoms with E-state index in [1.54, 1.807) is 4.90 Å². The second kappa shape index (κ2) is 4.84. The molecule has 1 aromatic rings.